The van der Waals surface area contributed by atoms with Crippen LogP contribution in [0.4, 0.5) is 10.8 Å². The van der Waals surface area contributed by atoms with Crippen molar-refractivity contribution in [3.05, 3.63) is 40.9 Å². The van der Waals surface area contributed by atoms with E-state index >= 15 is 0 Å². The summed E-state index contributed by atoms with van der Waals surface area (Å²) in [6.07, 6.45) is 1.15. The van der Waals surface area contributed by atoms with Gasteiger partial charge in [-0.2, -0.15) is 0 Å². The van der Waals surface area contributed by atoms with E-state index in [2.05, 4.69) is 41.1 Å². The first-order valence-corrected chi connectivity index (χ1v) is 7.55. The first-order valence-electron chi connectivity index (χ1n) is 6.13. The second kappa shape index (κ2) is 4.90. The molecule has 0 fully saturated rings. The molecule has 2 aromatic rings. The van der Waals surface area contributed by atoms with Gasteiger partial charge < -0.3 is 4.90 Å². The van der Waals surface area contributed by atoms with Crippen LogP contribution in [0.25, 0.3) is 0 Å². The number of benzene rings is 1. The van der Waals surface area contributed by atoms with Crippen LogP contribution in [0.5, 0.6) is 0 Å². The molecule has 2 heterocycles. The Balaban J connectivity index is 2.01. The Kier molecular flexibility index (Phi) is 3.27. The maximum absolute atomic E-state index is 5.83. The number of rotatable bonds is 2. The van der Waals surface area contributed by atoms with E-state index < -0.39 is 0 Å². The fraction of sp³-hybridized carbons (Fsp3) is 0.357. The highest BCUT2D eigenvalue weighted by molar-refractivity contribution is 7.13. The molecule has 0 bridgehead atoms. The quantitative estimate of drug-likeness (QED) is 0.765. The molecule has 0 N–H and O–H groups in total. The standard InChI is InChI=1S/C14H15ClN2S/c1-10-6-11-4-2-3-5-13(11)17(8-10)14-16-12(7-15)9-18-14/h2-5,9-10H,6-8H2,1H3. The summed E-state index contributed by atoms with van der Waals surface area (Å²) in [5, 5.41) is 3.11. The van der Waals surface area contributed by atoms with Crippen molar-refractivity contribution in [1.29, 1.82) is 0 Å². The first-order chi connectivity index (χ1) is 8.78. The van der Waals surface area contributed by atoms with E-state index in [0.29, 0.717) is 11.8 Å². The van der Waals surface area contributed by atoms with E-state index in [1.54, 1.807) is 11.3 Å². The van der Waals surface area contributed by atoms with Crippen LogP contribution in [0.3, 0.4) is 0 Å². The maximum Gasteiger partial charge on any atom is 0.190 e. The van der Waals surface area contributed by atoms with Gasteiger partial charge in [-0.05, 0) is 24.0 Å². The van der Waals surface area contributed by atoms with Crippen molar-refractivity contribution < 1.29 is 0 Å². The molecule has 0 saturated carbocycles. The van der Waals surface area contributed by atoms with Gasteiger partial charge >= 0.3 is 0 Å². The van der Waals surface area contributed by atoms with Crippen molar-refractivity contribution in [2.24, 2.45) is 5.92 Å². The van der Waals surface area contributed by atoms with Crippen LogP contribution in [0.15, 0.2) is 29.6 Å². The molecule has 0 radical (unpaired) electrons. The SMILES string of the molecule is CC1Cc2ccccc2N(c2nc(CCl)cs2)C1. The number of hydrogen-bond acceptors (Lipinski definition) is 3. The summed E-state index contributed by atoms with van der Waals surface area (Å²) in [5.74, 6) is 1.14. The van der Waals surface area contributed by atoms with Crippen molar-refractivity contribution in [2.45, 2.75) is 19.2 Å². The first kappa shape index (κ1) is 12.0. The molecule has 18 heavy (non-hydrogen) atoms. The van der Waals surface area contributed by atoms with E-state index in [-0.39, 0.29) is 0 Å². The Labute approximate surface area is 116 Å². The molecular weight excluding hydrogens is 264 g/mol. The van der Waals surface area contributed by atoms with Gasteiger partial charge in [-0.15, -0.1) is 22.9 Å². The van der Waals surface area contributed by atoms with Crippen molar-refractivity contribution in [3.8, 4) is 0 Å². The second-order valence-corrected chi connectivity index (χ2v) is 5.91. The average Bonchev–Trinajstić information content (AvgIpc) is 2.86. The normalized spacial score (nSPS) is 18.8. The molecule has 1 aliphatic heterocycles. The van der Waals surface area contributed by atoms with Gasteiger partial charge in [0.15, 0.2) is 5.13 Å². The Morgan fingerprint density at radius 3 is 3.06 bits per heavy atom. The number of alkyl halides is 1. The predicted molar refractivity (Wildman–Crippen MR) is 78.0 cm³/mol. The third-order valence-corrected chi connectivity index (χ3v) is 4.44. The van der Waals surface area contributed by atoms with E-state index in [1.807, 2.05) is 5.38 Å². The number of nitrogens with zero attached hydrogens (tertiary/aromatic N) is 2. The Morgan fingerprint density at radius 1 is 1.44 bits per heavy atom. The zero-order chi connectivity index (χ0) is 12.5. The van der Waals surface area contributed by atoms with E-state index in [1.165, 1.54) is 11.3 Å². The van der Waals surface area contributed by atoms with Gasteiger partial charge in [0.1, 0.15) is 0 Å². The topological polar surface area (TPSA) is 16.1 Å². The molecule has 0 aliphatic carbocycles. The van der Waals surface area contributed by atoms with Gasteiger partial charge in [0.25, 0.3) is 0 Å². The smallest absolute Gasteiger partial charge is 0.190 e. The lowest BCUT2D eigenvalue weighted by molar-refractivity contribution is 0.562. The van der Waals surface area contributed by atoms with Gasteiger partial charge in [-0.1, -0.05) is 25.1 Å². The number of aromatic nitrogens is 1. The van der Waals surface area contributed by atoms with Gasteiger partial charge in [0.2, 0.25) is 0 Å². The maximum atomic E-state index is 5.83. The Bertz CT molecular complexity index is 552. The Morgan fingerprint density at radius 2 is 2.28 bits per heavy atom. The molecule has 0 amide bonds. The fourth-order valence-corrected chi connectivity index (χ4v) is 3.54. The number of thiazole rings is 1. The highest BCUT2D eigenvalue weighted by atomic mass is 35.5. The molecule has 1 aromatic heterocycles. The summed E-state index contributed by atoms with van der Waals surface area (Å²) in [5.41, 5.74) is 3.68. The summed E-state index contributed by atoms with van der Waals surface area (Å²) in [6.45, 7) is 3.32. The number of para-hydroxylation sites is 1. The van der Waals surface area contributed by atoms with Crippen LogP contribution in [0.2, 0.25) is 0 Å². The minimum absolute atomic E-state index is 0.488. The summed E-state index contributed by atoms with van der Waals surface area (Å²) in [4.78, 5) is 6.92. The second-order valence-electron chi connectivity index (χ2n) is 4.80. The molecule has 1 aromatic carbocycles. The lowest BCUT2D eigenvalue weighted by Gasteiger charge is -2.32. The molecule has 4 heteroatoms. The van der Waals surface area contributed by atoms with Crippen LogP contribution in [0, 0.1) is 5.92 Å². The van der Waals surface area contributed by atoms with E-state index in [0.717, 1.165) is 23.8 Å². The molecule has 3 rings (SSSR count). The van der Waals surface area contributed by atoms with Crippen LogP contribution < -0.4 is 4.90 Å². The Hall–Kier alpha value is -1.06. The molecule has 0 saturated heterocycles. The highest BCUT2D eigenvalue weighted by Crippen LogP contribution is 2.36. The summed E-state index contributed by atoms with van der Waals surface area (Å²) >= 11 is 7.51. The zero-order valence-corrected chi connectivity index (χ0v) is 11.8. The van der Waals surface area contributed by atoms with Crippen LogP contribution in [-0.4, -0.2) is 11.5 Å². The molecule has 94 valence electrons. The minimum atomic E-state index is 0.488. The molecule has 0 spiro atoms. The number of halogens is 1. The summed E-state index contributed by atoms with van der Waals surface area (Å²) < 4.78 is 0. The average molecular weight is 279 g/mol. The monoisotopic (exact) mass is 278 g/mol. The van der Waals surface area contributed by atoms with Gasteiger partial charge in [0.05, 0.1) is 11.6 Å². The van der Waals surface area contributed by atoms with Crippen molar-refractivity contribution in [3.63, 3.8) is 0 Å². The molecule has 1 unspecified atom stereocenters. The summed E-state index contributed by atoms with van der Waals surface area (Å²) in [6, 6.07) is 8.61. The van der Waals surface area contributed by atoms with Crippen LogP contribution >= 0.6 is 22.9 Å². The molecule has 2 nitrogen and oxygen atoms in total. The van der Waals surface area contributed by atoms with Crippen molar-refractivity contribution in [2.75, 3.05) is 11.4 Å². The van der Waals surface area contributed by atoms with Gasteiger partial charge in [-0.25, -0.2) is 4.98 Å². The van der Waals surface area contributed by atoms with Crippen LogP contribution in [-0.2, 0) is 12.3 Å². The third kappa shape index (κ3) is 2.13. The van der Waals surface area contributed by atoms with Crippen LogP contribution in [0.1, 0.15) is 18.2 Å². The number of hydrogen-bond donors (Lipinski definition) is 0. The highest BCUT2D eigenvalue weighted by Gasteiger charge is 2.24. The molecule has 1 aliphatic rings. The lowest BCUT2D eigenvalue weighted by Crippen LogP contribution is -2.30. The van der Waals surface area contributed by atoms with E-state index in [4.69, 9.17) is 11.6 Å². The zero-order valence-electron chi connectivity index (χ0n) is 10.3. The third-order valence-electron chi connectivity index (χ3n) is 3.25. The number of anilines is 2. The largest absolute Gasteiger partial charge is 0.317 e. The van der Waals surface area contributed by atoms with Gasteiger partial charge in [-0.3, -0.25) is 0 Å². The fourth-order valence-electron chi connectivity index (χ4n) is 2.46. The van der Waals surface area contributed by atoms with Crippen molar-refractivity contribution >= 4 is 33.8 Å². The minimum Gasteiger partial charge on any atom is -0.317 e. The van der Waals surface area contributed by atoms with Gasteiger partial charge in [0, 0.05) is 17.6 Å². The summed E-state index contributed by atoms with van der Waals surface area (Å²) in [7, 11) is 0. The number of fused-ring (bicyclic) bond motifs is 1. The predicted octanol–water partition coefficient (Wildman–Crippen LogP) is 4.21. The lowest BCUT2D eigenvalue weighted by atomic mass is 9.94. The molecular formula is C14H15ClN2S. The molecule has 1 atom stereocenters. The van der Waals surface area contributed by atoms with E-state index in [9.17, 15) is 0 Å². The van der Waals surface area contributed by atoms with Crippen molar-refractivity contribution in [1.82, 2.24) is 4.98 Å².